The molecule has 0 atom stereocenters. The molecule has 0 amide bonds. The molecule has 0 saturated heterocycles. The fraction of sp³-hybridized carbons (Fsp3) is 0.818. The smallest absolute Gasteiger partial charge is 0.138 e. The van der Waals surface area contributed by atoms with Crippen molar-refractivity contribution in [2.75, 3.05) is 26.8 Å². The molecule has 1 aromatic heterocycles. The number of aromatic nitrogens is 3. The minimum atomic E-state index is 0.599. The van der Waals surface area contributed by atoms with E-state index in [1.54, 1.807) is 13.4 Å². The summed E-state index contributed by atoms with van der Waals surface area (Å²) in [6.07, 6.45) is 2.54. The van der Waals surface area contributed by atoms with Crippen LogP contribution < -0.4 is 5.32 Å². The summed E-state index contributed by atoms with van der Waals surface area (Å²) in [6, 6.07) is 0. The first kappa shape index (κ1) is 13.1. The van der Waals surface area contributed by atoms with Crippen molar-refractivity contribution in [2.45, 2.75) is 26.8 Å². The van der Waals surface area contributed by atoms with Crippen molar-refractivity contribution in [1.29, 1.82) is 0 Å². The third-order valence-electron chi connectivity index (χ3n) is 2.24. The van der Waals surface area contributed by atoms with Gasteiger partial charge in [0, 0.05) is 33.2 Å². The van der Waals surface area contributed by atoms with Gasteiger partial charge < -0.3 is 10.1 Å². The van der Waals surface area contributed by atoms with Gasteiger partial charge in [0.2, 0.25) is 0 Å². The van der Waals surface area contributed by atoms with Crippen LogP contribution in [0.2, 0.25) is 0 Å². The Morgan fingerprint density at radius 3 is 2.94 bits per heavy atom. The van der Waals surface area contributed by atoms with Gasteiger partial charge in [-0.3, -0.25) is 0 Å². The van der Waals surface area contributed by atoms with Crippen LogP contribution in [0.15, 0.2) is 6.33 Å². The predicted molar refractivity (Wildman–Crippen MR) is 63.3 cm³/mol. The SMILES string of the molecule is COCCNCCc1ncnn1CC(C)C. The highest BCUT2D eigenvalue weighted by atomic mass is 16.5. The lowest BCUT2D eigenvalue weighted by Crippen LogP contribution is -2.23. The molecule has 1 N–H and O–H groups in total. The van der Waals surface area contributed by atoms with Gasteiger partial charge in [-0.25, -0.2) is 9.67 Å². The maximum Gasteiger partial charge on any atom is 0.138 e. The van der Waals surface area contributed by atoms with E-state index in [0.717, 1.165) is 38.5 Å². The van der Waals surface area contributed by atoms with Crippen LogP contribution >= 0.6 is 0 Å². The van der Waals surface area contributed by atoms with E-state index in [0.29, 0.717) is 5.92 Å². The van der Waals surface area contributed by atoms with Crippen LogP contribution in [0, 0.1) is 5.92 Å². The number of hydrogen-bond acceptors (Lipinski definition) is 4. The Morgan fingerprint density at radius 2 is 2.25 bits per heavy atom. The van der Waals surface area contributed by atoms with Crippen LogP contribution in [-0.4, -0.2) is 41.6 Å². The van der Waals surface area contributed by atoms with Crippen molar-refractivity contribution in [2.24, 2.45) is 5.92 Å². The van der Waals surface area contributed by atoms with Crippen molar-refractivity contribution in [3.63, 3.8) is 0 Å². The third-order valence-corrected chi connectivity index (χ3v) is 2.24. The molecule has 0 aromatic carbocycles. The summed E-state index contributed by atoms with van der Waals surface area (Å²) >= 11 is 0. The lowest BCUT2D eigenvalue weighted by atomic mass is 10.2. The van der Waals surface area contributed by atoms with E-state index >= 15 is 0 Å². The summed E-state index contributed by atoms with van der Waals surface area (Å²) in [7, 11) is 1.71. The number of rotatable bonds is 8. The summed E-state index contributed by atoms with van der Waals surface area (Å²) in [5.41, 5.74) is 0. The molecular weight excluding hydrogens is 204 g/mol. The summed E-state index contributed by atoms with van der Waals surface area (Å²) in [6.45, 7) is 7.85. The average molecular weight is 226 g/mol. The number of nitrogens with one attached hydrogen (secondary N) is 1. The number of hydrogen-bond donors (Lipinski definition) is 1. The van der Waals surface area contributed by atoms with Gasteiger partial charge in [0.1, 0.15) is 12.2 Å². The van der Waals surface area contributed by atoms with Crippen LogP contribution in [-0.2, 0) is 17.7 Å². The quantitative estimate of drug-likeness (QED) is 0.663. The van der Waals surface area contributed by atoms with E-state index in [4.69, 9.17) is 4.74 Å². The molecule has 1 aromatic rings. The van der Waals surface area contributed by atoms with Crippen LogP contribution in [0.4, 0.5) is 0 Å². The molecule has 5 nitrogen and oxygen atoms in total. The molecule has 92 valence electrons. The Morgan fingerprint density at radius 1 is 1.44 bits per heavy atom. The molecule has 0 unspecified atom stereocenters. The summed E-state index contributed by atoms with van der Waals surface area (Å²) in [5, 5.41) is 7.52. The van der Waals surface area contributed by atoms with Gasteiger partial charge in [-0.15, -0.1) is 0 Å². The summed E-state index contributed by atoms with van der Waals surface area (Å²) < 4.78 is 6.95. The first-order valence-corrected chi connectivity index (χ1v) is 5.80. The largest absolute Gasteiger partial charge is 0.383 e. The number of nitrogens with zero attached hydrogens (tertiary/aromatic N) is 3. The van der Waals surface area contributed by atoms with Crippen LogP contribution in [0.1, 0.15) is 19.7 Å². The van der Waals surface area contributed by atoms with E-state index in [-0.39, 0.29) is 0 Å². The highest BCUT2D eigenvalue weighted by Gasteiger charge is 2.05. The third kappa shape index (κ3) is 4.72. The average Bonchev–Trinajstić information content (AvgIpc) is 2.64. The van der Waals surface area contributed by atoms with Gasteiger partial charge >= 0.3 is 0 Å². The Kier molecular flexibility index (Phi) is 6.03. The van der Waals surface area contributed by atoms with E-state index in [2.05, 4.69) is 29.2 Å². The first-order valence-electron chi connectivity index (χ1n) is 5.80. The zero-order valence-electron chi connectivity index (χ0n) is 10.4. The van der Waals surface area contributed by atoms with Gasteiger partial charge in [0.25, 0.3) is 0 Å². The van der Waals surface area contributed by atoms with Gasteiger partial charge in [-0.05, 0) is 5.92 Å². The fourth-order valence-electron chi connectivity index (χ4n) is 1.48. The normalized spacial score (nSPS) is 11.2. The molecule has 0 aliphatic carbocycles. The highest BCUT2D eigenvalue weighted by Crippen LogP contribution is 2.01. The lowest BCUT2D eigenvalue weighted by molar-refractivity contribution is 0.199. The molecule has 0 radical (unpaired) electrons. The lowest BCUT2D eigenvalue weighted by Gasteiger charge is -2.08. The molecule has 16 heavy (non-hydrogen) atoms. The van der Waals surface area contributed by atoms with E-state index in [9.17, 15) is 0 Å². The Bertz CT molecular complexity index is 285. The zero-order chi connectivity index (χ0) is 11.8. The second kappa shape index (κ2) is 7.35. The Balaban J connectivity index is 2.27. The second-order valence-electron chi connectivity index (χ2n) is 4.25. The van der Waals surface area contributed by atoms with Crippen molar-refractivity contribution < 1.29 is 4.74 Å². The van der Waals surface area contributed by atoms with E-state index in [1.807, 2.05) is 4.68 Å². The van der Waals surface area contributed by atoms with Crippen molar-refractivity contribution in [3.8, 4) is 0 Å². The molecule has 0 aliphatic heterocycles. The molecule has 5 heteroatoms. The zero-order valence-corrected chi connectivity index (χ0v) is 10.4. The van der Waals surface area contributed by atoms with Crippen LogP contribution in [0.25, 0.3) is 0 Å². The van der Waals surface area contributed by atoms with Crippen molar-refractivity contribution in [1.82, 2.24) is 20.1 Å². The molecule has 1 heterocycles. The Hall–Kier alpha value is -0.940. The molecule has 1 rings (SSSR count). The first-order chi connectivity index (χ1) is 7.74. The maximum atomic E-state index is 4.96. The molecular formula is C11H22N4O. The van der Waals surface area contributed by atoms with Gasteiger partial charge in [0.15, 0.2) is 0 Å². The monoisotopic (exact) mass is 226 g/mol. The maximum absolute atomic E-state index is 4.96. The molecule has 0 bridgehead atoms. The van der Waals surface area contributed by atoms with E-state index in [1.165, 1.54) is 0 Å². The fourth-order valence-corrected chi connectivity index (χ4v) is 1.48. The second-order valence-corrected chi connectivity index (χ2v) is 4.25. The predicted octanol–water partition coefficient (Wildman–Crippen LogP) is 0.713. The van der Waals surface area contributed by atoms with Gasteiger partial charge in [0.05, 0.1) is 6.61 Å². The van der Waals surface area contributed by atoms with Gasteiger partial charge in [-0.1, -0.05) is 13.8 Å². The molecule has 0 aliphatic rings. The topological polar surface area (TPSA) is 52.0 Å². The van der Waals surface area contributed by atoms with Gasteiger partial charge in [-0.2, -0.15) is 5.10 Å². The minimum Gasteiger partial charge on any atom is -0.383 e. The Labute approximate surface area is 97.2 Å². The molecule has 0 fully saturated rings. The number of methoxy groups -OCH3 is 1. The molecule has 0 spiro atoms. The molecule has 0 saturated carbocycles. The van der Waals surface area contributed by atoms with Crippen LogP contribution in [0.5, 0.6) is 0 Å². The van der Waals surface area contributed by atoms with Crippen LogP contribution in [0.3, 0.4) is 0 Å². The van der Waals surface area contributed by atoms with Crippen molar-refractivity contribution >= 4 is 0 Å². The summed E-state index contributed by atoms with van der Waals surface area (Å²) in [5.74, 6) is 1.65. The van der Waals surface area contributed by atoms with E-state index < -0.39 is 0 Å². The minimum absolute atomic E-state index is 0.599. The standard InChI is InChI=1S/C11H22N4O/c1-10(2)8-15-11(13-9-14-15)4-5-12-6-7-16-3/h9-10,12H,4-8H2,1-3H3. The van der Waals surface area contributed by atoms with Crippen molar-refractivity contribution in [3.05, 3.63) is 12.2 Å². The summed E-state index contributed by atoms with van der Waals surface area (Å²) in [4.78, 5) is 4.27. The highest BCUT2D eigenvalue weighted by molar-refractivity contribution is 4.85. The number of ether oxygens (including phenoxy) is 1.